The minimum atomic E-state index is 0.564. The zero-order chi connectivity index (χ0) is 12.0. The minimum Gasteiger partial charge on any atom is -0.492 e. The van der Waals surface area contributed by atoms with Crippen LogP contribution in [-0.4, -0.2) is 11.6 Å². The van der Waals surface area contributed by atoms with Crippen molar-refractivity contribution < 1.29 is 4.74 Å². The molecule has 1 aromatic rings. The molecular formula is C12H16ClNOS. The number of ether oxygens (including phenoxy) is 1. The first-order valence-corrected chi connectivity index (χ1v) is 6.05. The molecule has 0 bridgehead atoms. The van der Waals surface area contributed by atoms with Crippen molar-refractivity contribution in [1.29, 1.82) is 0 Å². The molecule has 1 aromatic carbocycles. The summed E-state index contributed by atoms with van der Waals surface area (Å²) in [5.74, 6) is 0.747. The Balaban J connectivity index is 2.31. The SMILES string of the molecule is Cc1ccc(Cl)c(OCCCCC(N)=S)c1. The zero-order valence-electron chi connectivity index (χ0n) is 9.33. The van der Waals surface area contributed by atoms with Crippen molar-refractivity contribution in [2.45, 2.75) is 26.2 Å². The number of halogens is 1. The number of rotatable bonds is 6. The van der Waals surface area contributed by atoms with Gasteiger partial charge in [0.1, 0.15) is 5.75 Å². The Hall–Kier alpha value is -0.800. The fourth-order valence-electron chi connectivity index (χ4n) is 1.30. The van der Waals surface area contributed by atoms with E-state index in [0.29, 0.717) is 16.6 Å². The number of unbranched alkanes of at least 4 members (excludes halogenated alkanes) is 1. The van der Waals surface area contributed by atoms with E-state index < -0.39 is 0 Å². The molecule has 0 aliphatic rings. The first-order chi connectivity index (χ1) is 7.59. The molecule has 0 aliphatic heterocycles. The second-order valence-electron chi connectivity index (χ2n) is 3.71. The summed E-state index contributed by atoms with van der Waals surface area (Å²) in [6.07, 6.45) is 2.67. The van der Waals surface area contributed by atoms with E-state index in [0.717, 1.165) is 30.6 Å². The first kappa shape index (κ1) is 13.3. The van der Waals surface area contributed by atoms with Crippen LogP contribution in [0.2, 0.25) is 5.02 Å². The van der Waals surface area contributed by atoms with Crippen LogP contribution in [0.15, 0.2) is 18.2 Å². The molecule has 0 saturated heterocycles. The van der Waals surface area contributed by atoms with Gasteiger partial charge in [0.25, 0.3) is 0 Å². The number of hydrogen-bond acceptors (Lipinski definition) is 2. The molecule has 0 heterocycles. The molecular weight excluding hydrogens is 242 g/mol. The average Bonchev–Trinajstić information content (AvgIpc) is 2.22. The normalized spacial score (nSPS) is 10.1. The molecule has 0 amide bonds. The van der Waals surface area contributed by atoms with Gasteiger partial charge in [0, 0.05) is 0 Å². The number of thiocarbonyl (C=S) groups is 1. The molecule has 2 N–H and O–H groups in total. The van der Waals surface area contributed by atoms with Gasteiger partial charge in [-0.3, -0.25) is 0 Å². The highest BCUT2D eigenvalue weighted by Gasteiger charge is 2.01. The topological polar surface area (TPSA) is 35.2 Å². The molecule has 2 nitrogen and oxygen atoms in total. The smallest absolute Gasteiger partial charge is 0.138 e. The van der Waals surface area contributed by atoms with Crippen LogP contribution in [0, 0.1) is 6.92 Å². The number of nitrogens with two attached hydrogens (primary N) is 1. The third-order valence-electron chi connectivity index (χ3n) is 2.16. The zero-order valence-corrected chi connectivity index (χ0v) is 10.9. The van der Waals surface area contributed by atoms with Crippen LogP contribution in [0.5, 0.6) is 5.75 Å². The van der Waals surface area contributed by atoms with Crippen LogP contribution in [-0.2, 0) is 0 Å². The van der Waals surface area contributed by atoms with Crippen LogP contribution < -0.4 is 10.5 Å². The van der Waals surface area contributed by atoms with E-state index in [4.69, 9.17) is 34.3 Å². The van der Waals surface area contributed by atoms with Gasteiger partial charge in [-0.2, -0.15) is 0 Å². The van der Waals surface area contributed by atoms with Gasteiger partial charge in [0.2, 0.25) is 0 Å². The van der Waals surface area contributed by atoms with Crippen molar-refractivity contribution in [3.05, 3.63) is 28.8 Å². The van der Waals surface area contributed by atoms with Gasteiger partial charge in [0.05, 0.1) is 16.6 Å². The maximum absolute atomic E-state index is 5.99. The van der Waals surface area contributed by atoms with E-state index in [2.05, 4.69) is 0 Å². The first-order valence-electron chi connectivity index (χ1n) is 5.27. The highest BCUT2D eigenvalue weighted by Crippen LogP contribution is 2.25. The molecule has 1 rings (SSSR count). The van der Waals surface area contributed by atoms with Gasteiger partial charge in [-0.25, -0.2) is 0 Å². The molecule has 88 valence electrons. The lowest BCUT2D eigenvalue weighted by atomic mass is 10.2. The second kappa shape index (κ2) is 6.71. The Bertz CT molecular complexity index is 368. The summed E-state index contributed by atoms with van der Waals surface area (Å²) in [4.78, 5) is 0.564. The minimum absolute atomic E-state index is 0.564. The summed E-state index contributed by atoms with van der Waals surface area (Å²) in [5, 5.41) is 0.653. The molecule has 4 heteroatoms. The standard InChI is InChI=1S/C12H16ClNOS/c1-9-5-6-10(13)11(8-9)15-7-3-2-4-12(14)16/h5-6,8H,2-4,7H2,1H3,(H2,14,16). The van der Waals surface area contributed by atoms with Crippen molar-refractivity contribution in [3.8, 4) is 5.75 Å². The lowest BCUT2D eigenvalue weighted by Crippen LogP contribution is -2.08. The molecule has 0 aliphatic carbocycles. The summed E-state index contributed by atoms with van der Waals surface area (Å²) in [7, 11) is 0. The van der Waals surface area contributed by atoms with Crippen LogP contribution in [0.4, 0.5) is 0 Å². The monoisotopic (exact) mass is 257 g/mol. The van der Waals surface area contributed by atoms with Gasteiger partial charge in [0.15, 0.2) is 0 Å². The highest BCUT2D eigenvalue weighted by molar-refractivity contribution is 7.80. The van der Waals surface area contributed by atoms with E-state index in [1.807, 2.05) is 25.1 Å². The Morgan fingerprint density at radius 3 is 2.88 bits per heavy atom. The van der Waals surface area contributed by atoms with Crippen LogP contribution in [0.3, 0.4) is 0 Å². The molecule has 0 unspecified atom stereocenters. The predicted octanol–water partition coefficient (Wildman–Crippen LogP) is 3.48. The van der Waals surface area contributed by atoms with Crippen LogP contribution in [0.1, 0.15) is 24.8 Å². The maximum atomic E-state index is 5.99. The van der Waals surface area contributed by atoms with Gasteiger partial charge >= 0.3 is 0 Å². The molecule has 0 atom stereocenters. The Labute approximate surface area is 107 Å². The number of hydrogen-bond donors (Lipinski definition) is 1. The second-order valence-corrected chi connectivity index (χ2v) is 4.64. The van der Waals surface area contributed by atoms with Crippen LogP contribution in [0.25, 0.3) is 0 Å². The molecule has 16 heavy (non-hydrogen) atoms. The highest BCUT2D eigenvalue weighted by atomic mass is 35.5. The molecule has 0 fully saturated rings. The van der Waals surface area contributed by atoms with E-state index in [1.54, 1.807) is 0 Å². The lowest BCUT2D eigenvalue weighted by molar-refractivity contribution is 0.308. The summed E-state index contributed by atoms with van der Waals surface area (Å²) in [6, 6.07) is 5.75. The van der Waals surface area contributed by atoms with E-state index in [9.17, 15) is 0 Å². The van der Waals surface area contributed by atoms with Crippen molar-refractivity contribution >= 4 is 28.8 Å². The number of aryl methyl sites for hydroxylation is 1. The van der Waals surface area contributed by atoms with Crippen LogP contribution >= 0.6 is 23.8 Å². The van der Waals surface area contributed by atoms with Gasteiger partial charge in [-0.15, -0.1) is 0 Å². The predicted molar refractivity (Wildman–Crippen MR) is 72.3 cm³/mol. The molecule has 0 spiro atoms. The Kier molecular flexibility index (Phi) is 5.56. The quantitative estimate of drug-likeness (QED) is 0.626. The third kappa shape index (κ3) is 4.81. The largest absolute Gasteiger partial charge is 0.492 e. The van der Waals surface area contributed by atoms with E-state index in [-0.39, 0.29) is 0 Å². The average molecular weight is 258 g/mol. The van der Waals surface area contributed by atoms with Gasteiger partial charge in [-0.1, -0.05) is 29.9 Å². The Morgan fingerprint density at radius 2 is 2.19 bits per heavy atom. The Morgan fingerprint density at radius 1 is 1.44 bits per heavy atom. The van der Waals surface area contributed by atoms with Gasteiger partial charge in [-0.05, 0) is 43.9 Å². The summed E-state index contributed by atoms with van der Waals surface area (Å²) >= 11 is 10.8. The molecule has 0 aromatic heterocycles. The fourth-order valence-corrected chi connectivity index (χ4v) is 1.62. The fraction of sp³-hybridized carbons (Fsp3) is 0.417. The molecule has 0 saturated carbocycles. The van der Waals surface area contributed by atoms with E-state index in [1.165, 1.54) is 0 Å². The van der Waals surface area contributed by atoms with Crippen molar-refractivity contribution in [2.24, 2.45) is 5.73 Å². The van der Waals surface area contributed by atoms with Gasteiger partial charge < -0.3 is 10.5 Å². The summed E-state index contributed by atoms with van der Waals surface area (Å²) < 4.78 is 5.58. The third-order valence-corrected chi connectivity index (χ3v) is 2.68. The van der Waals surface area contributed by atoms with Crippen molar-refractivity contribution in [3.63, 3.8) is 0 Å². The summed E-state index contributed by atoms with van der Waals surface area (Å²) in [5.41, 5.74) is 6.54. The van der Waals surface area contributed by atoms with Crippen molar-refractivity contribution in [2.75, 3.05) is 6.61 Å². The van der Waals surface area contributed by atoms with E-state index >= 15 is 0 Å². The molecule has 0 radical (unpaired) electrons. The maximum Gasteiger partial charge on any atom is 0.138 e. The lowest BCUT2D eigenvalue weighted by Gasteiger charge is -2.08. The van der Waals surface area contributed by atoms with Crippen molar-refractivity contribution in [1.82, 2.24) is 0 Å². The summed E-state index contributed by atoms with van der Waals surface area (Å²) in [6.45, 7) is 2.65. The number of benzene rings is 1.